The van der Waals surface area contributed by atoms with Crippen LogP contribution in [0.1, 0.15) is 32.9 Å². The van der Waals surface area contributed by atoms with Crippen LogP contribution >= 0.6 is 0 Å². The molecule has 0 saturated carbocycles. The van der Waals surface area contributed by atoms with Crippen molar-refractivity contribution in [3.05, 3.63) is 70.5 Å². The summed E-state index contributed by atoms with van der Waals surface area (Å²) in [5, 5.41) is 11.3. The fourth-order valence-corrected chi connectivity index (χ4v) is 3.57. The number of carbonyl (C=O) groups is 1. The second kappa shape index (κ2) is 7.29. The van der Waals surface area contributed by atoms with Gasteiger partial charge in [0.2, 0.25) is 0 Å². The molecule has 0 fully saturated rings. The van der Waals surface area contributed by atoms with Crippen LogP contribution in [0.2, 0.25) is 0 Å². The Bertz CT molecular complexity index is 1090. The van der Waals surface area contributed by atoms with Crippen molar-refractivity contribution in [1.29, 1.82) is 0 Å². The van der Waals surface area contributed by atoms with E-state index < -0.39 is 0 Å². The highest BCUT2D eigenvalue weighted by atomic mass is 16.2. The third-order valence-electron chi connectivity index (χ3n) is 5.06. The van der Waals surface area contributed by atoms with Crippen LogP contribution in [0.25, 0.3) is 5.69 Å². The topological polar surface area (TPSA) is 63.1 Å². The highest BCUT2D eigenvalue weighted by Gasteiger charge is 2.22. The quantitative estimate of drug-likeness (QED) is 0.719. The summed E-state index contributed by atoms with van der Waals surface area (Å²) < 4.78 is 1.76. The first-order chi connectivity index (χ1) is 13.6. The van der Waals surface area contributed by atoms with Crippen LogP contribution in [0.4, 0.5) is 5.69 Å². The van der Waals surface area contributed by atoms with Crippen molar-refractivity contribution < 1.29 is 4.79 Å². The van der Waals surface area contributed by atoms with Gasteiger partial charge in [-0.3, -0.25) is 4.79 Å². The number of anilines is 1. The number of hydrogen-bond donors (Lipinski definition) is 1. The molecule has 1 N–H and O–H groups in total. The average molecular weight is 371 g/mol. The zero-order valence-corrected chi connectivity index (χ0v) is 15.9. The second-order valence-electron chi connectivity index (χ2n) is 7.02. The molecule has 0 aliphatic carbocycles. The maximum atomic E-state index is 12.7. The van der Waals surface area contributed by atoms with Gasteiger partial charge in [0, 0.05) is 24.3 Å². The number of nitrogens with one attached hydrogen (secondary N) is 1. The molecule has 1 aliphatic rings. The molecule has 4 rings (SSSR count). The number of likely N-dealkylation sites (N-methyl/N-ethyl adjacent to an activating group) is 1. The van der Waals surface area contributed by atoms with E-state index in [2.05, 4.69) is 39.6 Å². The molecule has 0 unspecified atom stereocenters. The fraction of sp³-hybridized carbons (Fsp3) is 0.227. The molecule has 2 heterocycles. The van der Waals surface area contributed by atoms with Crippen molar-refractivity contribution >= 4 is 11.6 Å². The maximum absolute atomic E-state index is 12.7. The fourth-order valence-electron chi connectivity index (χ4n) is 3.57. The molecule has 0 bridgehead atoms. The average Bonchev–Trinajstić information content (AvgIpc) is 3.08. The van der Waals surface area contributed by atoms with Crippen LogP contribution in [0.15, 0.2) is 42.5 Å². The molecule has 2 aromatic carbocycles. The smallest absolute Gasteiger partial charge is 0.278 e. The molecule has 0 spiro atoms. The van der Waals surface area contributed by atoms with Crippen molar-refractivity contribution in [2.75, 3.05) is 18.9 Å². The van der Waals surface area contributed by atoms with E-state index in [1.165, 1.54) is 11.1 Å². The van der Waals surface area contributed by atoms with Crippen LogP contribution in [0, 0.1) is 19.3 Å². The lowest BCUT2D eigenvalue weighted by atomic mass is 9.98. The number of terminal acetylenes is 1. The van der Waals surface area contributed by atoms with Gasteiger partial charge in [-0.1, -0.05) is 29.3 Å². The number of benzene rings is 2. The van der Waals surface area contributed by atoms with Gasteiger partial charge in [-0.25, -0.2) is 4.68 Å². The van der Waals surface area contributed by atoms with E-state index >= 15 is 0 Å². The van der Waals surface area contributed by atoms with Gasteiger partial charge < -0.3 is 10.2 Å². The summed E-state index contributed by atoms with van der Waals surface area (Å²) in [6.45, 7) is 3.77. The van der Waals surface area contributed by atoms with Crippen molar-refractivity contribution in [2.45, 2.75) is 19.9 Å². The molecule has 3 aromatic rings. The first-order valence-corrected chi connectivity index (χ1v) is 9.17. The van der Waals surface area contributed by atoms with Crippen LogP contribution in [0.5, 0.6) is 0 Å². The minimum absolute atomic E-state index is 0.302. The number of carbonyl (C=O) groups excluding carboxylic acids is 1. The Hall–Kier alpha value is -3.43. The van der Waals surface area contributed by atoms with E-state index in [1.54, 1.807) is 16.8 Å². The Morgan fingerprint density at radius 3 is 2.89 bits per heavy atom. The molecule has 6 nitrogen and oxygen atoms in total. The summed E-state index contributed by atoms with van der Waals surface area (Å²) in [6, 6.07) is 13.4. The van der Waals surface area contributed by atoms with Crippen molar-refractivity contribution in [1.82, 2.24) is 19.9 Å². The van der Waals surface area contributed by atoms with Crippen LogP contribution in [0.3, 0.4) is 0 Å². The summed E-state index contributed by atoms with van der Waals surface area (Å²) in [7, 11) is 2.12. The molecule has 140 valence electrons. The van der Waals surface area contributed by atoms with Gasteiger partial charge in [0.15, 0.2) is 5.69 Å². The number of amides is 1. The maximum Gasteiger partial charge on any atom is 0.278 e. The molecule has 1 aliphatic heterocycles. The Kier molecular flexibility index (Phi) is 4.68. The van der Waals surface area contributed by atoms with Gasteiger partial charge in [0.1, 0.15) is 0 Å². The molecule has 0 atom stereocenters. The molecule has 6 heteroatoms. The van der Waals surface area contributed by atoms with Gasteiger partial charge >= 0.3 is 0 Å². The summed E-state index contributed by atoms with van der Waals surface area (Å²) in [5.74, 6) is 2.26. The summed E-state index contributed by atoms with van der Waals surface area (Å²) >= 11 is 0. The second-order valence-corrected chi connectivity index (χ2v) is 7.02. The van der Waals surface area contributed by atoms with Crippen molar-refractivity contribution in [3.8, 4) is 18.0 Å². The van der Waals surface area contributed by atoms with Gasteiger partial charge in [-0.15, -0.1) is 11.5 Å². The number of fused-ring (bicyclic) bond motifs is 1. The predicted molar refractivity (Wildman–Crippen MR) is 108 cm³/mol. The zero-order valence-electron chi connectivity index (χ0n) is 15.9. The van der Waals surface area contributed by atoms with E-state index in [0.717, 1.165) is 25.2 Å². The first-order valence-electron chi connectivity index (χ1n) is 9.17. The van der Waals surface area contributed by atoms with Gasteiger partial charge in [0.25, 0.3) is 5.91 Å². The van der Waals surface area contributed by atoms with Gasteiger partial charge in [-0.05, 0) is 55.8 Å². The number of rotatable bonds is 3. The van der Waals surface area contributed by atoms with Crippen molar-refractivity contribution in [2.24, 2.45) is 0 Å². The Labute approximate surface area is 164 Å². The Morgan fingerprint density at radius 1 is 1.25 bits per heavy atom. The third kappa shape index (κ3) is 3.28. The summed E-state index contributed by atoms with van der Waals surface area (Å²) in [5.41, 5.74) is 5.90. The van der Waals surface area contributed by atoms with E-state index in [-0.39, 0.29) is 5.91 Å². The number of hydrogen-bond acceptors (Lipinski definition) is 4. The van der Waals surface area contributed by atoms with E-state index in [9.17, 15) is 4.79 Å². The lowest BCUT2D eigenvalue weighted by Crippen LogP contribution is -2.27. The number of aromatic nitrogens is 3. The molecule has 1 aromatic heterocycles. The molecule has 28 heavy (non-hydrogen) atoms. The van der Waals surface area contributed by atoms with E-state index in [1.807, 2.05) is 31.2 Å². The Balaban J connectivity index is 1.64. The first kappa shape index (κ1) is 18.0. The minimum Gasteiger partial charge on any atom is -0.320 e. The standard InChI is InChI=1S/C22H21N5O/c1-4-16-7-5-9-18(13-16)23-22(28)21-15(2)27(25-24-21)20-10-6-8-17-14-26(3)12-11-19(17)20/h1,5-10,13H,11-12,14H2,2-3H3,(H,23,28). The SMILES string of the molecule is C#Cc1cccc(NC(=O)c2nnn(-c3cccc4c3CCN(C)C4)c2C)c1. The van der Waals surface area contributed by atoms with E-state index in [0.29, 0.717) is 22.6 Å². The highest BCUT2D eigenvalue weighted by molar-refractivity contribution is 6.03. The lowest BCUT2D eigenvalue weighted by molar-refractivity contribution is 0.102. The van der Waals surface area contributed by atoms with Crippen LogP contribution in [-0.2, 0) is 13.0 Å². The molecule has 0 radical (unpaired) electrons. The van der Waals surface area contributed by atoms with Gasteiger partial charge in [0.05, 0.1) is 11.4 Å². The molecular weight excluding hydrogens is 350 g/mol. The van der Waals surface area contributed by atoms with E-state index in [4.69, 9.17) is 6.42 Å². The predicted octanol–water partition coefficient (Wildman–Crippen LogP) is 2.80. The van der Waals surface area contributed by atoms with Crippen LogP contribution in [-0.4, -0.2) is 39.4 Å². The van der Waals surface area contributed by atoms with Crippen molar-refractivity contribution in [3.63, 3.8) is 0 Å². The monoisotopic (exact) mass is 371 g/mol. The van der Waals surface area contributed by atoms with Crippen LogP contribution < -0.4 is 5.32 Å². The molecule has 1 amide bonds. The van der Waals surface area contributed by atoms with Gasteiger partial charge in [-0.2, -0.15) is 0 Å². The largest absolute Gasteiger partial charge is 0.320 e. The summed E-state index contributed by atoms with van der Waals surface area (Å²) in [4.78, 5) is 15.0. The molecular formula is C22H21N5O. The lowest BCUT2D eigenvalue weighted by Gasteiger charge is -2.26. The highest BCUT2D eigenvalue weighted by Crippen LogP contribution is 2.25. The summed E-state index contributed by atoms with van der Waals surface area (Å²) in [6.07, 6.45) is 6.37. The number of nitrogens with zero attached hydrogens (tertiary/aromatic N) is 4. The zero-order chi connectivity index (χ0) is 19.7. The Morgan fingerprint density at radius 2 is 2.07 bits per heavy atom. The normalized spacial score (nSPS) is 13.6. The minimum atomic E-state index is -0.303. The molecule has 0 saturated heterocycles. The third-order valence-corrected chi connectivity index (χ3v) is 5.06.